The Labute approximate surface area is 92.5 Å². The van der Waals surface area contributed by atoms with Crippen LogP contribution in [0, 0.1) is 0 Å². The van der Waals surface area contributed by atoms with Gasteiger partial charge in [-0.15, -0.1) is 0 Å². The summed E-state index contributed by atoms with van der Waals surface area (Å²) in [5, 5.41) is 2.61. The molecule has 0 atom stereocenters. The Kier molecular flexibility index (Phi) is 3.31. The molecule has 0 fully saturated rings. The van der Waals surface area contributed by atoms with E-state index in [4.69, 9.17) is 0 Å². The van der Waals surface area contributed by atoms with E-state index in [1.54, 1.807) is 13.8 Å². The lowest BCUT2D eigenvalue weighted by atomic mass is 10.3. The molecule has 1 N–H and O–H groups in total. The Morgan fingerprint density at radius 2 is 1.88 bits per heavy atom. The van der Waals surface area contributed by atoms with E-state index in [-0.39, 0.29) is 11.6 Å². The zero-order valence-electron chi connectivity index (χ0n) is 9.77. The number of carbonyl (C=O) groups is 1. The van der Waals surface area contributed by atoms with Crippen molar-refractivity contribution in [3.63, 3.8) is 0 Å². The molecule has 0 spiro atoms. The molecule has 0 radical (unpaired) electrons. The lowest BCUT2D eigenvalue weighted by molar-refractivity contribution is 0.0940. The number of amides is 1. The number of hydrogen-bond donors (Lipinski definition) is 1. The Hall–Kier alpha value is -1.85. The van der Waals surface area contributed by atoms with Crippen molar-refractivity contribution >= 4 is 5.91 Å². The highest BCUT2D eigenvalue weighted by Crippen LogP contribution is 1.89. The standard InChI is InChI=1S/C10H15N3O3/c1-6(2)11-8(14)7-5-12(3)10(16)13(4)9(7)15/h5-6H,1-4H3,(H,11,14). The zero-order valence-corrected chi connectivity index (χ0v) is 9.77. The Balaban J connectivity index is 3.32. The summed E-state index contributed by atoms with van der Waals surface area (Å²) < 4.78 is 2.12. The van der Waals surface area contributed by atoms with Crippen LogP contribution < -0.4 is 16.6 Å². The summed E-state index contributed by atoms with van der Waals surface area (Å²) in [5.41, 5.74) is -1.06. The van der Waals surface area contributed by atoms with Gasteiger partial charge in [-0.25, -0.2) is 4.79 Å². The summed E-state index contributed by atoms with van der Waals surface area (Å²) >= 11 is 0. The third-order valence-electron chi connectivity index (χ3n) is 2.11. The van der Waals surface area contributed by atoms with Crippen molar-refractivity contribution in [1.29, 1.82) is 0 Å². The molecule has 0 unspecified atom stereocenters. The molecular formula is C10H15N3O3. The van der Waals surface area contributed by atoms with Gasteiger partial charge >= 0.3 is 5.69 Å². The van der Waals surface area contributed by atoms with E-state index in [1.807, 2.05) is 0 Å². The topological polar surface area (TPSA) is 73.1 Å². The fourth-order valence-corrected chi connectivity index (χ4v) is 1.30. The van der Waals surface area contributed by atoms with Crippen LogP contribution in [0.3, 0.4) is 0 Å². The van der Waals surface area contributed by atoms with E-state index >= 15 is 0 Å². The minimum Gasteiger partial charge on any atom is -0.350 e. The van der Waals surface area contributed by atoms with Crippen LogP contribution in [0.5, 0.6) is 0 Å². The molecule has 6 nitrogen and oxygen atoms in total. The fraction of sp³-hybridized carbons (Fsp3) is 0.500. The van der Waals surface area contributed by atoms with Crippen LogP contribution in [-0.4, -0.2) is 21.1 Å². The molecule has 16 heavy (non-hydrogen) atoms. The van der Waals surface area contributed by atoms with Crippen LogP contribution in [0.2, 0.25) is 0 Å². The van der Waals surface area contributed by atoms with Gasteiger partial charge in [-0.3, -0.25) is 14.2 Å². The summed E-state index contributed by atoms with van der Waals surface area (Å²) in [5.74, 6) is -0.466. The van der Waals surface area contributed by atoms with Crippen molar-refractivity contribution in [1.82, 2.24) is 14.5 Å². The third kappa shape index (κ3) is 2.21. The molecule has 0 aliphatic rings. The van der Waals surface area contributed by atoms with Crippen molar-refractivity contribution in [3.8, 4) is 0 Å². The first kappa shape index (κ1) is 12.2. The lowest BCUT2D eigenvalue weighted by Crippen LogP contribution is -2.43. The largest absolute Gasteiger partial charge is 0.350 e. The molecule has 0 aliphatic heterocycles. The van der Waals surface area contributed by atoms with Gasteiger partial charge in [0.25, 0.3) is 11.5 Å². The van der Waals surface area contributed by atoms with Crippen LogP contribution in [0.15, 0.2) is 15.8 Å². The lowest BCUT2D eigenvalue weighted by Gasteiger charge is -2.09. The maximum Gasteiger partial charge on any atom is 0.330 e. The van der Waals surface area contributed by atoms with E-state index in [1.165, 1.54) is 24.9 Å². The van der Waals surface area contributed by atoms with Crippen molar-refractivity contribution in [2.75, 3.05) is 0 Å². The predicted octanol–water partition coefficient (Wildman–Crippen LogP) is -0.778. The van der Waals surface area contributed by atoms with E-state index in [9.17, 15) is 14.4 Å². The van der Waals surface area contributed by atoms with Crippen LogP contribution in [0.1, 0.15) is 24.2 Å². The van der Waals surface area contributed by atoms with Gasteiger partial charge in [-0.05, 0) is 13.8 Å². The molecule has 1 amide bonds. The smallest absolute Gasteiger partial charge is 0.330 e. The highest BCUT2D eigenvalue weighted by molar-refractivity contribution is 5.93. The number of aryl methyl sites for hydroxylation is 1. The molecule has 1 heterocycles. The SMILES string of the molecule is CC(C)NC(=O)c1cn(C)c(=O)n(C)c1=O. The van der Waals surface area contributed by atoms with Gasteiger partial charge in [0, 0.05) is 26.3 Å². The quantitative estimate of drug-likeness (QED) is 0.717. The van der Waals surface area contributed by atoms with E-state index in [2.05, 4.69) is 5.32 Å². The second-order valence-corrected chi connectivity index (χ2v) is 3.93. The van der Waals surface area contributed by atoms with Gasteiger partial charge in [-0.1, -0.05) is 0 Å². The van der Waals surface area contributed by atoms with Gasteiger partial charge in [-0.2, -0.15) is 0 Å². The summed E-state index contributed by atoms with van der Waals surface area (Å²) in [6, 6.07) is -0.0607. The van der Waals surface area contributed by atoms with E-state index in [0.717, 1.165) is 4.57 Å². The van der Waals surface area contributed by atoms with E-state index in [0.29, 0.717) is 0 Å². The van der Waals surface area contributed by atoms with Crippen LogP contribution >= 0.6 is 0 Å². The first-order valence-corrected chi connectivity index (χ1v) is 4.92. The first-order valence-electron chi connectivity index (χ1n) is 4.92. The molecule has 88 valence electrons. The third-order valence-corrected chi connectivity index (χ3v) is 2.11. The van der Waals surface area contributed by atoms with Crippen molar-refractivity contribution < 1.29 is 4.79 Å². The van der Waals surface area contributed by atoms with Gasteiger partial charge in [0.15, 0.2) is 0 Å². The number of nitrogens with zero attached hydrogens (tertiary/aromatic N) is 2. The molecule has 6 heteroatoms. The number of rotatable bonds is 2. The number of aromatic nitrogens is 2. The van der Waals surface area contributed by atoms with Crippen molar-refractivity contribution in [2.24, 2.45) is 14.1 Å². The van der Waals surface area contributed by atoms with Crippen molar-refractivity contribution in [3.05, 3.63) is 32.6 Å². The molecule has 0 saturated heterocycles. The molecule has 1 aromatic rings. The average molecular weight is 225 g/mol. The first-order chi connectivity index (χ1) is 7.34. The van der Waals surface area contributed by atoms with Gasteiger partial charge < -0.3 is 9.88 Å². The predicted molar refractivity (Wildman–Crippen MR) is 59.5 cm³/mol. The highest BCUT2D eigenvalue weighted by Gasteiger charge is 2.14. The minimum absolute atomic E-state index is 0.0294. The maximum atomic E-state index is 11.7. The Morgan fingerprint density at radius 1 is 1.31 bits per heavy atom. The second-order valence-electron chi connectivity index (χ2n) is 3.93. The zero-order chi connectivity index (χ0) is 12.5. The minimum atomic E-state index is -0.582. The molecule has 0 aliphatic carbocycles. The average Bonchev–Trinajstić information content (AvgIpc) is 2.19. The summed E-state index contributed by atoms with van der Waals surface area (Å²) in [7, 11) is 2.84. The molecular weight excluding hydrogens is 210 g/mol. The summed E-state index contributed by atoms with van der Waals surface area (Å²) in [6.07, 6.45) is 1.25. The molecule has 0 saturated carbocycles. The second kappa shape index (κ2) is 4.34. The van der Waals surface area contributed by atoms with Crippen LogP contribution in [0.25, 0.3) is 0 Å². The van der Waals surface area contributed by atoms with Crippen LogP contribution in [0.4, 0.5) is 0 Å². The monoisotopic (exact) mass is 225 g/mol. The number of hydrogen-bond acceptors (Lipinski definition) is 3. The molecule has 0 aromatic carbocycles. The van der Waals surface area contributed by atoms with E-state index < -0.39 is 17.2 Å². The Morgan fingerprint density at radius 3 is 2.38 bits per heavy atom. The molecule has 1 aromatic heterocycles. The van der Waals surface area contributed by atoms with Gasteiger partial charge in [0.1, 0.15) is 5.56 Å². The molecule has 1 rings (SSSR count). The number of nitrogens with one attached hydrogen (secondary N) is 1. The van der Waals surface area contributed by atoms with Gasteiger partial charge in [0.2, 0.25) is 0 Å². The van der Waals surface area contributed by atoms with Gasteiger partial charge in [0.05, 0.1) is 0 Å². The summed E-state index contributed by atoms with van der Waals surface area (Å²) in [4.78, 5) is 34.7. The molecule has 0 bridgehead atoms. The number of carbonyl (C=O) groups excluding carboxylic acids is 1. The summed E-state index contributed by atoms with van der Waals surface area (Å²) in [6.45, 7) is 3.59. The normalized spacial score (nSPS) is 10.6. The van der Waals surface area contributed by atoms with Crippen molar-refractivity contribution in [2.45, 2.75) is 19.9 Å². The maximum absolute atomic E-state index is 11.7. The Bertz CT molecular complexity index is 525. The fourth-order valence-electron chi connectivity index (χ4n) is 1.30. The highest BCUT2D eigenvalue weighted by atomic mass is 16.2. The van der Waals surface area contributed by atoms with Crippen LogP contribution in [-0.2, 0) is 14.1 Å².